The number of aromatic nitrogens is 1. The minimum Gasteiger partial charge on any atom is -0.389 e. The number of hydrogen-bond acceptors (Lipinski definition) is 4. The van der Waals surface area contributed by atoms with Crippen LogP contribution in [-0.2, 0) is 16.1 Å². The topological polar surface area (TPSA) is 71.8 Å². The molecule has 6 heteroatoms. The molecule has 1 rings (SSSR count). The number of aliphatic hydroxyl groups excluding tert-OH is 1. The van der Waals surface area contributed by atoms with Gasteiger partial charge in [0.1, 0.15) is 0 Å². The first-order valence-corrected chi connectivity index (χ1v) is 6.11. The van der Waals surface area contributed by atoms with Gasteiger partial charge in [0.15, 0.2) is 0 Å². The average Bonchev–Trinajstić information content (AvgIpc) is 2.37. The summed E-state index contributed by atoms with van der Waals surface area (Å²) in [6.07, 6.45) is 1.17. The maximum absolute atomic E-state index is 11.8. The first kappa shape index (κ1) is 15.4. The van der Waals surface area contributed by atoms with Gasteiger partial charge in [-0.3, -0.25) is 9.59 Å². The van der Waals surface area contributed by atoms with Crippen molar-refractivity contribution in [2.24, 2.45) is 0 Å². The minimum atomic E-state index is -0.696. The Hall–Kier alpha value is -1.66. The second kappa shape index (κ2) is 7.70. The van der Waals surface area contributed by atoms with E-state index in [9.17, 15) is 14.7 Å². The highest BCUT2D eigenvalue weighted by molar-refractivity contribution is 5.75. The third-order valence-corrected chi connectivity index (χ3v) is 2.73. The lowest BCUT2D eigenvalue weighted by atomic mass is 10.3. The van der Waals surface area contributed by atoms with Gasteiger partial charge < -0.3 is 19.3 Å². The Bertz CT molecular complexity index is 458. The Morgan fingerprint density at radius 3 is 2.89 bits per heavy atom. The maximum atomic E-state index is 11.8. The van der Waals surface area contributed by atoms with Crippen LogP contribution in [0, 0.1) is 0 Å². The van der Waals surface area contributed by atoms with Gasteiger partial charge in [-0.05, 0) is 6.07 Å². The molecule has 0 bridgehead atoms. The molecule has 0 spiro atoms. The summed E-state index contributed by atoms with van der Waals surface area (Å²) >= 11 is 0. The van der Waals surface area contributed by atoms with E-state index in [-0.39, 0.29) is 31.0 Å². The number of aryl methyl sites for hydroxylation is 1. The van der Waals surface area contributed by atoms with Crippen LogP contribution in [0.2, 0.25) is 0 Å². The predicted octanol–water partition coefficient (Wildman–Crippen LogP) is -0.296. The molecule has 0 aliphatic heterocycles. The van der Waals surface area contributed by atoms with Crippen LogP contribution in [0.1, 0.15) is 6.42 Å². The van der Waals surface area contributed by atoms with Crippen molar-refractivity contribution >= 4 is 5.91 Å². The number of methoxy groups -OCH3 is 1. The van der Waals surface area contributed by atoms with Gasteiger partial charge in [-0.25, -0.2) is 0 Å². The Labute approximate surface area is 112 Å². The molecule has 1 N–H and O–H groups in total. The third kappa shape index (κ3) is 5.23. The van der Waals surface area contributed by atoms with E-state index in [1.165, 1.54) is 22.6 Å². The van der Waals surface area contributed by atoms with Crippen LogP contribution in [-0.4, -0.2) is 53.9 Å². The average molecular weight is 268 g/mol. The van der Waals surface area contributed by atoms with E-state index in [2.05, 4.69) is 0 Å². The van der Waals surface area contributed by atoms with Crippen molar-refractivity contribution in [1.29, 1.82) is 0 Å². The van der Waals surface area contributed by atoms with Crippen molar-refractivity contribution in [3.63, 3.8) is 0 Å². The SMILES string of the molecule is COCC(O)CN(C)C(=O)CCn1ccccc1=O. The molecule has 0 aliphatic carbocycles. The number of amides is 1. The second-order valence-electron chi connectivity index (χ2n) is 4.37. The summed E-state index contributed by atoms with van der Waals surface area (Å²) in [5, 5.41) is 9.52. The van der Waals surface area contributed by atoms with Gasteiger partial charge in [0.2, 0.25) is 5.91 Å². The monoisotopic (exact) mass is 268 g/mol. The van der Waals surface area contributed by atoms with Gasteiger partial charge in [-0.1, -0.05) is 6.07 Å². The van der Waals surface area contributed by atoms with Gasteiger partial charge in [0.25, 0.3) is 5.56 Å². The molecule has 1 atom stereocenters. The molecule has 0 fully saturated rings. The second-order valence-corrected chi connectivity index (χ2v) is 4.37. The molecule has 0 aliphatic rings. The zero-order valence-corrected chi connectivity index (χ0v) is 11.3. The minimum absolute atomic E-state index is 0.120. The number of pyridine rings is 1. The summed E-state index contributed by atoms with van der Waals surface area (Å²) in [4.78, 5) is 24.7. The normalized spacial score (nSPS) is 12.2. The smallest absolute Gasteiger partial charge is 0.250 e. The van der Waals surface area contributed by atoms with Crippen molar-refractivity contribution in [2.45, 2.75) is 19.1 Å². The fourth-order valence-electron chi connectivity index (χ4n) is 1.72. The lowest BCUT2D eigenvalue weighted by Crippen LogP contribution is -2.37. The molecule has 106 valence electrons. The fraction of sp³-hybridized carbons (Fsp3) is 0.538. The van der Waals surface area contributed by atoms with E-state index in [1.807, 2.05) is 0 Å². The van der Waals surface area contributed by atoms with Crippen LogP contribution < -0.4 is 5.56 Å². The van der Waals surface area contributed by atoms with E-state index in [1.54, 1.807) is 25.4 Å². The highest BCUT2D eigenvalue weighted by atomic mass is 16.5. The molecule has 1 heterocycles. The molecule has 0 saturated heterocycles. The standard InChI is InChI=1S/C13H20N2O4/c1-14(9-11(16)10-19-2)12(17)6-8-15-7-4-3-5-13(15)18/h3-5,7,11,16H,6,8-10H2,1-2H3. The Morgan fingerprint density at radius 2 is 2.26 bits per heavy atom. The summed E-state index contributed by atoms with van der Waals surface area (Å²) in [5.74, 6) is -0.120. The molecular weight excluding hydrogens is 248 g/mol. The number of hydrogen-bond donors (Lipinski definition) is 1. The van der Waals surface area contributed by atoms with Crippen molar-refractivity contribution < 1.29 is 14.6 Å². The lowest BCUT2D eigenvalue weighted by Gasteiger charge is -2.20. The lowest BCUT2D eigenvalue weighted by molar-refractivity contribution is -0.131. The first-order valence-electron chi connectivity index (χ1n) is 6.11. The fourth-order valence-corrected chi connectivity index (χ4v) is 1.72. The largest absolute Gasteiger partial charge is 0.389 e. The highest BCUT2D eigenvalue weighted by Crippen LogP contribution is 1.97. The molecule has 0 aromatic carbocycles. The zero-order chi connectivity index (χ0) is 14.3. The molecule has 0 radical (unpaired) electrons. The highest BCUT2D eigenvalue weighted by Gasteiger charge is 2.13. The van der Waals surface area contributed by atoms with Gasteiger partial charge in [-0.15, -0.1) is 0 Å². The number of rotatable bonds is 7. The summed E-state index contributed by atoms with van der Waals surface area (Å²) in [7, 11) is 3.11. The van der Waals surface area contributed by atoms with Crippen molar-refractivity contribution in [2.75, 3.05) is 27.3 Å². The third-order valence-electron chi connectivity index (χ3n) is 2.73. The van der Waals surface area contributed by atoms with E-state index in [0.717, 1.165) is 0 Å². The molecule has 1 aromatic heterocycles. The molecule has 1 aromatic rings. The number of carbonyl (C=O) groups excluding carboxylic acids is 1. The van der Waals surface area contributed by atoms with Crippen molar-refractivity contribution in [3.05, 3.63) is 34.7 Å². The van der Waals surface area contributed by atoms with Gasteiger partial charge in [0.05, 0.1) is 12.7 Å². The van der Waals surface area contributed by atoms with Crippen LogP contribution in [0.3, 0.4) is 0 Å². The zero-order valence-electron chi connectivity index (χ0n) is 11.3. The molecule has 0 saturated carbocycles. The molecule has 1 unspecified atom stereocenters. The molecular formula is C13H20N2O4. The van der Waals surface area contributed by atoms with E-state index < -0.39 is 6.10 Å². The summed E-state index contributed by atoms with van der Waals surface area (Å²) in [6.45, 7) is 0.745. The number of carbonyl (C=O) groups is 1. The first-order chi connectivity index (χ1) is 9.04. The Balaban J connectivity index is 2.43. The van der Waals surface area contributed by atoms with Crippen LogP contribution in [0.5, 0.6) is 0 Å². The van der Waals surface area contributed by atoms with Gasteiger partial charge in [-0.2, -0.15) is 0 Å². The number of ether oxygens (including phenoxy) is 1. The van der Waals surface area contributed by atoms with Crippen LogP contribution in [0.4, 0.5) is 0 Å². The van der Waals surface area contributed by atoms with E-state index >= 15 is 0 Å². The van der Waals surface area contributed by atoms with Crippen molar-refractivity contribution in [1.82, 2.24) is 9.47 Å². The maximum Gasteiger partial charge on any atom is 0.250 e. The number of aliphatic hydroxyl groups is 1. The van der Waals surface area contributed by atoms with Crippen LogP contribution in [0.25, 0.3) is 0 Å². The van der Waals surface area contributed by atoms with Crippen LogP contribution in [0.15, 0.2) is 29.2 Å². The Kier molecular flexibility index (Phi) is 6.24. The summed E-state index contributed by atoms with van der Waals surface area (Å²) < 4.78 is 6.28. The summed E-state index contributed by atoms with van der Waals surface area (Å²) in [5.41, 5.74) is -0.127. The van der Waals surface area contributed by atoms with Gasteiger partial charge >= 0.3 is 0 Å². The molecule has 6 nitrogen and oxygen atoms in total. The molecule has 1 amide bonds. The predicted molar refractivity (Wildman–Crippen MR) is 70.8 cm³/mol. The number of nitrogens with zero attached hydrogens (tertiary/aromatic N) is 2. The molecule has 19 heavy (non-hydrogen) atoms. The Morgan fingerprint density at radius 1 is 1.53 bits per heavy atom. The van der Waals surface area contributed by atoms with E-state index in [4.69, 9.17) is 4.74 Å². The van der Waals surface area contributed by atoms with Crippen molar-refractivity contribution in [3.8, 4) is 0 Å². The van der Waals surface area contributed by atoms with Gasteiger partial charge in [0, 0.05) is 45.9 Å². The van der Waals surface area contributed by atoms with Crippen LogP contribution >= 0.6 is 0 Å². The summed E-state index contributed by atoms with van der Waals surface area (Å²) in [6, 6.07) is 4.86. The van der Waals surface area contributed by atoms with E-state index in [0.29, 0.717) is 6.54 Å². The quantitative estimate of drug-likeness (QED) is 0.737. The number of likely N-dealkylation sites (N-methyl/N-ethyl adjacent to an activating group) is 1.